The standard InChI is InChI=1S/C29H22I/c1-2-5-9-24(8-4-1)12-14-26-16-20-28(21-17-26)30-29-22-18-27(19-23-29)15-13-25-10-6-3-7-11-25/h1,3-23H/q-1/b14-12+,15-13+. The minimum absolute atomic E-state index is 0.166. The molecular formula is C29H22I-. The van der Waals surface area contributed by atoms with Gasteiger partial charge in [0.25, 0.3) is 0 Å². The molecule has 3 aromatic carbocycles. The summed E-state index contributed by atoms with van der Waals surface area (Å²) in [5.74, 6) is 0. The molecule has 3 aromatic rings. The second kappa shape index (κ2) is 10.6. The van der Waals surface area contributed by atoms with Gasteiger partial charge in [-0.05, 0) is 0 Å². The Morgan fingerprint density at radius 2 is 1.13 bits per heavy atom. The van der Waals surface area contributed by atoms with Crippen molar-refractivity contribution in [1.82, 2.24) is 0 Å². The molecule has 4 rings (SSSR count). The van der Waals surface area contributed by atoms with Crippen LogP contribution in [0.4, 0.5) is 0 Å². The second-order valence-electron chi connectivity index (χ2n) is 6.80. The van der Waals surface area contributed by atoms with E-state index in [1.54, 1.807) is 0 Å². The summed E-state index contributed by atoms with van der Waals surface area (Å²) in [5.41, 5.74) is 7.93. The molecule has 30 heavy (non-hydrogen) atoms. The molecule has 0 atom stereocenters. The van der Waals surface area contributed by atoms with Gasteiger partial charge in [-0.3, -0.25) is 0 Å². The van der Waals surface area contributed by atoms with Crippen molar-refractivity contribution in [3.05, 3.63) is 150 Å². The van der Waals surface area contributed by atoms with Gasteiger partial charge in [-0.2, -0.15) is 0 Å². The Kier molecular flexibility index (Phi) is 7.12. The summed E-state index contributed by atoms with van der Waals surface area (Å²) >= 11 is -0.166. The van der Waals surface area contributed by atoms with Crippen molar-refractivity contribution in [2.45, 2.75) is 0 Å². The van der Waals surface area contributed by atoms with Gasteiger partial charge in [0.15, 0.2) is 0 Å². The van der Waals surface area contributed by atoms with Crippen LogP contribution in [0.5, 0.6) is 0 Å². The van der Waals surface area contributed by atoms with E-state index in [4.69, 9.17) is 0 Å². The molecule has 0 aliphatic heterocycles. The monoisotopic (exact) mass is 497 g/mol. The van der Waals surface area contributed by atoms with Gasteiger partial charge in [0, 0.05) is 0 Å². The van der Waals surface area contributed by atoms with Crippen LogP contribution < -0.4 is 21.2 Å². The molecule has 0 spiro atoms. The van der Waals surface area contributed by atoms with E-state index in [1.165, 1.54) is 29.4 Å². The van der Waals surface area contributed by atoms with Gasteiger partial charge >= 0.3 is 190 Å². The molecule has 0 heterocycles. The van der Waals surface area contributed by atoms with Crippen LogP contribution in [0.15, 0.2) is 127 Å². The molecule has 1 aliphatic carbocycles. The van der Waals surface area contributed by atoms with Crippen molar-refractivity contribution in [2.75, 3.05) is 0 Å². The Bertz CT molecular complexity index is 1150. The van der Waals surface area contributed by atoms with Gasteiger partial charge in [0.1, 0.15) is 0 Å². The quantitative estimate of drug-likeness (QED) is 0.272. The molecule has 0 nitrogen and oxygen atoms in total. The molecule has 0 unspecified atom stereocenters. The first-order chi connectivity index (χ1) is 14.8. The summed E-state index contributed by atoms with van der Waals surface area (Å²) < 4.78 is 2.86. The van der Waals surface area contributed by atoms with Crippen molar-refractivity contribution in [1.29, 1.82) is 0 Å². The Morgan fingerprint density at radius 3 is 1.77 bits per heavy atom. The average molecular weight is 497 g/mol. The third-order valence-electron chi connectivity index (χ3n) is 4.55. The molecule has 0 radical (unpaired) electrons. The van der Waals surface area contributed by atoms with Crippen LogP contribution in [0, 0.1) is 7.14 Å². The molecule has 1 heteroatoms. The van der Waals surface area contributed by atoms with Crippen LogP contribution in [0.1, 0.15) is 16.7 Å². The molecule has 0 saturated carbocycles. The molecule has 0 N–H and O–H groups in total. The van der Waals surface area contributed by atoms with E-state index in [0.717, 1.165) is 0 Å². The average Bonchev–Trinajstić information content (AvgIpc) is 3.08. The molecule has 0 amide bonds. The molecule has 0 aromatic heterocycles. The summed E-state index contributed by atoms with van der Waals surface area (Å²) in [6, 6.07) is 28.3. The van der Waals surface area contributed by atoms with Gasteiger partial charge in [0.2, 0.25) is 0 Å². The number of hydrogen-bond acceptors (Lipinski definition) is 0. The van der Waals surface area contributed by atoms with E-state index in [0.29, 0.717) is 0 Å². The number of rotatable bonds is 6. The summed E-state index contributed by atoms with van der Waals surface area (Å²) in [6.45, 7) is 0. The van der Waals surface area contributed by atoms with Crippen LogP contribution in [0.2, 0.25) is 0 Å². The topological polar surface area (TPSA) is 0 Å². The fourth-order valence-electron chi connectivity index (χ4n) is 2.93. The summed E-state index contributed by atoms with van der Waals surface area (Å²) in [7, 11) is 0. The van der Waals surface area contributed by atoms with E-state index in [1.807, 2.05) is 24.3 Å². The van der Waals surface area contributed by atoms with Gasteiger partial charge in [-0.1, -0.05) is 0 Å². The minimum atomic E-state index is -0.166. The third kappa shape index (κ3) is 6.18. The summed E-state index contributed by atoms with van der Waals surface area (Å²) in [6.07, 6.45) is 18.6. The number of benzene rings is 3. The zero-order valence-corrected chi connectivity index (χ0v) is 18.7. The first kappa shape index (κ1) is 20.2. The van der Waals surface area contributed by atoms with Crippen LogP contribution in [0.3, 0.4) is 0 Å². The Balaban J connectivity index is 1.36. The van der Waals surface area contributed by atoms with Crippen LogP contribution >= 0.6 is 0 Å². The van der Waals surface area contributed by atoms with Crippen molar-refractivity contribution < 1.29 is 21.2 Å². The Hall–Kier alpha value is -3.13. The maximum absolute atomic E-state index is 3.08. The van der Waals surface area contributed by atoms with Gasteiger partial charge in [-0.15, -0.1) is 0 Å². The molecule has 146 valence electrons. The molecule has 0 bridgehead atoms. The second-order valence-corrected chi connectivity index (χ2v) is 9.83. The zero-order chi connectivity index (χ0) is 20.4. The van der Waals surface area contributed by atoms with Crippen LogP contribution in [-0.4, -0.2) is 0 Å². The third-order valence-corrected chi connectivity index (χ3v) is 7.23. The number of allylic oxidation sites excluding steroid dienone is 6. The molecule has 0 saturated heterocycles. The Labute approximate surface area is 189 Å². The van der Waals surface area contributed by atoms with Crippen molar-refractivity contribution in [3.8, 4) is 0 Å². The molecular weight excluding hydrogens is 475 g/mol. The van der Waals surface area contributed by atoms with Gasteiger partial charge in [0.05, 0.1) is 0 Å². The van der Waals surface area contributed by atoms with E-state index in [9.17, 15) is 0 Å². The Morgan fingerprint density at radius 1 is 0.567 bits per heavy atom. The fourth-order valence-corrected chi connectivity index (χ4v) is 5.09. The normalized spacial score (nSPS) is 13.3. The van der Waals surface area contributed by atoms with Crippen molar-refractivity contribution in [3.63, 3.8) is 0 Å². The molecule has 0 fully saturated rings. The fraction of sp³-hybridized carbons (Fsp3) is 0. The summed E-state index contributed by atoms with van der Waals surface area (Å²) in [4.78, 5) is 0. The number of halogens is 1. The predicted octanol–water partition coefficient (Wildman–Crippen LogP) is 4.21. The van der Waals surface area contributed by atoms with E-state index < -0.39 is 0 Å². The maximum atomic E-state index is 3.08. The van der Waals surface area contributed by atoms with Gasteiger partial charge < -0.3 is 0 Å². The van der Waals surface area contributed by atoms with Gasteiger partial charge in [-0.25, -0.2) is 0 Å². The number of hydrogen-bond donors (Lipinski definition) is 0. The summed E-state index contributed by atoms with van der Waals surface area (Å²) in [5, 5.41) is 0. The van der Waals surface area contributed by atoms with Crippen molar-refractivity contribution >= 4 is 18.2 Å². The molecule has 1 aliphatic rings. The SMILES string of the molecule is C1=CC=CC(/C=C/c2ccc([I-]c3ccc(/C=C/c4ccccc4)cc3)cc2)=CC=1. The van der Waals surface area contributed by atoms with E-state index in [-0.39, 0.29) is 21.2 Å². The van der Waals surface area contributed by atoms with E-state index >= 15 is 0 Å². The van der Waals surface area contributed by atoms with E-state index in [2.05, 4.69) is 115 Å². The zero-order valence-electron chi connectivity index (χ0n) is 16.6. The van der Waals surface area contributed by atoms with Crippen LogP contribution in [0.25, 0.3) is 18.2 Å². The van der Waals surface area contributed by atoms with Crippen molar-refractivity contribution in [2.24, 2.45) is 0 Å². The van der Waals surface area contributed by atoms with Crippen LogP contribution in [-0.2, 0) is 0 Å². The first-order valence-corrected chi connectivity index (χ1v) is 12.1. The first-order valence-electron chi connectivity index (χ1n) is 9.91. The predicted molar refractivity (Wildman–Crippen MR) is 125 cm³/mol.